The van der Waals surface area contributed by atoms with Crippen LogP contribution in [0, 0.1) is 5.92 Å². The summed E-state index contributed by atoms with van der Waals surface area (Å²) in [6.45, 7) is 8.94. The molecule has 16 heavy (non-hydrogen) atoms. The summed E-state index contributed by atoms with van der Waals surface area (Å²) in [6, 6.07) is 0.590. The molecule has 1 saturated heterocycles. The lowest BCUT2D eigenvalue weighted by atomic mass is 10.2. The number of morpholine rings is 1. The molecule has 2 fully saturated rings. The molecule has 2 rings (SSSR count). The topological polar surface area (TPSA) is 24.5 Å². The van der Waals surface area contributed by atoms with Gasteiger partial charge in [-0.05, 0) is 44.7 Å². The third-order valence-electron chi connectivity index (χ3n) is 3.55. The molecule has 2 aliphatic rings. The lowest BCUT2D eigenvalue weighted by Crippen LogP contribution is -2.43. The Morgan fingerprint density at radius 2 is 2.19 bits per heavy atom. The maximum Gasteiger partial charge on any atom is 0.0620 e. The van der Waals surface area contributed by atoms with Gasteiger partial charge in [-0.2, -0.15) is 0 Å². The van der Waals surface area contributed by atoms with Crippen LogP contribution in [0.1, 0.15) is 32.6 Å². The van der Waals surface area contributed by atoms with Gasteiger partial charge in [0.15, 0.2) is 0 Å². The normalized spacial score (nSPS) is 26.2. The van der Waals surface area contributed by atoms with Crippen molar-refractivity contribution in [1.29, 1.82) is 0 Å². The van der Waals surface area contributed by atoms with Crippen LogP contribution in [0.5, 0.6) is 0 Å². The maximum absolute atomic E-state index is 5.49. The van der Waals surface area contributed by atoms with Crippen LogP contribution in [-0.2, 0) is 4.74 Å². The molecule has 94 valence electrons. The summed E-state index contributed by atoms with van der Waals surface area (Å²) < 4.78 is 5.49. The first kappa shape index (κ1) is 12.3. The van der Waals surface area contributed by atoms with Gasteiger partial charge in [0.25, 0.3) is 0 Å². The van der Waals surface area contributed by atoms with Gasteiger partial charge < -0.3 is 15.0 Å². The van der Waals surface area contributed by atoms with Gasteiger partial charge in [0.05, 0.1) is 13.2 Å². The summed E-state index contributed by atoms with van der Waals surface area (Å²) in [5, 5.41) is 3.53. The fraction of sp³-hybridized carbons (Fsp3) is 1.00. The minimum atomic E-state index is 0.590. The van der Waals surface area contributed by atoms with Gasteiger partial charge in [0.2, 0.25) is 0 Å². The van der Waals surface area contributed by atoms with Crippen molar-refractivity contribution in [1.82, 2.24) is 10.2 Å². The Morgan fingerprint density at radius 1 is 1.31 bits per heavy atom. The van der Waals surface area contributed by atoms with E-state index >= 15 is 0 Å². The van der Waals surface area contributed by atoms with Crippen molar-refractivity contribution in [3.05, 3.63) is 0 Å². The lowest BCUT2D eigenvalue weighted by molar-refractivity contribution is 0.0697. The second-order valence-electron chi connectivity index (χ2n) is 5.26. The molecule has 0 aromatic carbocycles. The fourth-order valence-corrected chi connectivity index (χ4v) is 2.42. The molecule has 0 aromatic heterocycles. The molecular formula is C13H26N2O. The Labute approximate surface area is 99.5 Å². The second kappa shape index (κ2) is 6.58. The Hall–Kier alpha value is -0.120. The van der Waals surface area contributed by atoms with E-state index in [1.807, 2.05) is 0 Å². The quantitative estimate of drug-likeness (QED) is 0.712. The molecule has 0 radical (unpaired) electrons. The number of hydrogen-bond donors (Lipinski definition) is 1. The summed E-state index contributed by atoms with van der Waals surface area (Å²) in [4.78, 5) is 2.65. The van der Waals surface area contributed by atoms with Crippen molar-refractivity contribution in [2.45, 2.75) is 38.6 Å². The largest absolute Gasteiger partial charge is 0.379 e. The smallest absolute Gasteiger partial charge is 0.0620 e. The molecule has 1 aliphatic heterocycles. The second-order valence-corrected chi connectivity index (χ2v) is 5.26. The van der Waals surface area contributed by atoms with E-state index in [0.29, 0.717) is 6.04 Å². The standard InChI is InChI=1S/C13H26N2O/c1-2-7-15(10-12-3-4-12)8-5-13-11-16-9-6-14-13/h12-14H,2-11H2,1H3. The number of nitrogens with one attached hydrogen (secondary N) is 1. The number of rotatable bonds is 7. The van der Waals surface area contributed by atoms with Gasteiger partial charge in [-0.1, -0.05) is 6.92 Å². The molecule has 3 heteroatoms. The van der Waals surface area contributed by atoms with E-state index in [2.05, 4.69) is 17.1 Å². The molecule has 0 aromatic rings. The van der Waals surface area contributed by atoms with Crippen molar-refractivity contribution in [3.8, 4) is 0 Å². The maximum atomic E-state index is 5.49. The molecule has 1 N–H and O–H groups in total. The Balaban J connectivity index is 1.63. The molecule has 0 spiro atoms. The first-order valence-corrected chi connectivity index (χ1v) is 6.92. The van der Waals surface area contributed by atoms with Crippen LogP contribution in [-0.4, -0.2) is 50.3 Å². The highest BCUT2D eigenvalue weighted by atomic mass is 16.5. The third kappa shape index (κ3) is 4.40. The molecule has 1 heterocycles. The van der Waals surface area contributed by atoms with E-state index in [9.17, 15) is 0 Å². The Kier molecular flexibility index (Phi) is 5.07. The monoisotopic (exact) mass is 226 g/mol. The summed E-state index contributed by atoms with van der Waals surface area (Å²) in [6.07, 6.45) is 5.45. The van der Waals surface area contributed by atoms with Crippen LogP contribution >= 0.6 is 0 Å². The van der Waals surface area contributed by atoms with E-state index in [-0.39, 0.29) is 0 Å². The zero-order valence-corrected chi connectivity index (χ0v) is 10.6. The predicted molar refractivity (Wildman–Crippen MR) is 66.7 cm³/mol. The van der Waals surface area contributed by atoms with Crippen molar-refractivity contribution in [3.63, 3.8) is 0 Å². The van der Waals surface area contributed by atoms with Crippen LogP contribution in [0.4, 0.5) is 0 Å². The Bertz CT molecular complexity index is 188. The number of hydrogen-bond acceptors (Lipinski definition) is 3. The third-order valence-corrected chi connectivity index (χ3v) is 3.55. The molecule has 0 amide bonds. The SMILES string of the molecule is CCCN(CCC1COCCN1)CC1CC1. The van der Waals surface area contributed by atoms with Crippen molar-refractivity contribution in [2.75, 3.05) is 39.4 Å². The zero-order valence-electron chi connectivity index (χ0n) is 10.6. The lowest BCUT2D eigenvalue weighted by Gasteiger charge is -2.27. The number of nitrogens with zero attached hydrogens (tertiary/aromatic N) is 1. The van der Waals surface area contributed by atoms with Crippen LogP contribution in [0.2, 0.25) is 0 Å². The van der Waals surface area contributed by atoms with Gasteiger partial charge in [-0.15, -0.1) is 0 Å². The zero-order chi connectivity index (χ0) is 11.2. The van der Waals surface area contributed by atoms with Gasteiger partial charge in [0.1, 0.15) is 0 Å². The van der Waals surface area contributed by atoms with E-state index in [1.54, 1.807) is 0 Å². The minimum absolute atomic E-state index is 0.590. The highest BCUT2D eigenvalue weighted by Gasteiger charge is 2.24. The van der Waals surface area contributed by atoms with E-state index in [0.717, 1.165) is 25.7 Å². The van der Waals surface area contributed by atoms with Crippen LogP contribution in [0.25, 0.3) is 0 Å². The van der Waals surface area contributed by atoms with E-state index in [1.165, 1.54) is 45.3 Å². The van der Waals surface area contributed by atoms with Crippen LogP contribution < -0.4 is 5.32 Å². The average molecular weight is 226 g/mol. The fourth-order valence-electron chi connectivity index (χ4n) is 2.42. The molecule has 1 aliphatic carbocycles. The molecule has 3 nitrogen and oxygen atoms in total. The summed E-state index contributed by atoms with van der Waals surface area (Å²) >= 11 is 0. The van der Waals surface area contributed by atoms with Crippen LogP contribution in [0.15, 0.2) is 0 Å². The minimum Gasteiger partial charge on any atom is -0.379 e. The molecule has 1 unspecified atom stereocenters. The first-order chi connectivity index (χ1) is 7.88. The van der Waals surface area contributed by atoms with E-state index < -0.39 is 0 Å². The average Bonchev–Trinajstić information content (AvgIpc) is 3.12. The van der Waals surface area contributed by atoms with Crippen molar-refractivity contribution >= 4 is 0 Å². The van der Waals surface area contributed by atoms with Crippen molar-refractivity contribution < 1.29 is 4.74 Å². The predicted octanol–water partition coefficient (Wildman–Crippen LogP) is 1.49. The highest BCUT2D eigenvalue weighted by Crippen LogP contribution is 2.29. The number of ether oxygens (including phenoxy) is 1. The molecular weight excluding hydrogens is 200 g/mol. The summed E-state index contributed by atoms with van der Waals surface area (Å²) in [5.41, 5.74) is 0. The van der Waals surface area contributed by atoms with Gasteiger partial charge >= 0.3 is 0 Å². The van der Waals surface area contributed by atoms with Crippen LogP contribution in [0.3, 0.4) is 0 Å². The summed E-state index contributed by atoms with van der Waals surface area (Å²) in [7, 11) is 0. The van der Waals surface area contributed by atoms with E-state index in [4.69, 9.17) is 4.74 Å². The molecule has 1 atom stereocenters. The first-order valence-electron chi connectivity index (χ1n) is 6.92. The Morgan fingerprint density at radius 3 is 2.81 bits per heavy atom. The van der Waals surface area contributed by atoms with Gasteiger partial charge in [0, 0.05) is 19.1 Å². The molecule has 1 saturated carbocycles. The van der Waals surface area contributed by atoms with Gasteiger partial charge in [-0.25, -0.2) is 0 Å². The molecule has 0 bridgehead atoms. The van der Waals surface area contributed by atoms with Gasteiger partial charge in [-0.3, -0.25) is 0 Å². The highest BCUT2D eigenvalue weighted by molar-refractivity contribution is 4.79. The summed E-state index contributed by atoms with van der Waals surface area (Å²) in [5.74, 6) is 1.02. The van der Waals surface area contributed by atoms with Crippen molar-refractivity contribution in [2.24, 2.45) is 5.92 Å².